The summed E-state index contributed by atoms with van der Waals surface area (Å²) in [6.45, 7) is 0. The topological polar surface area (TPSA) is 63.2 Å². The average Bonchev–Trinajstić information content (AvgIpc) is 3.01. The molecule has 24 heavy (non-hydrogen) atoms. The Kier molecular flexibility index (Phi) is 4.85. The lowest BCUT2D eigenvalue weighted by molar-refractivity contribution is -0.107. The Morgan fingerprint density at radius 3 is 2.42 bits per heavy atom. The van der Waals surface area contributed by atoms with Crippen LogP contribution in [0, 0.1) is 0 Å². The Hall–Kier alpha value is -1.56. The summed E-state index contributed by atoms with van der Waals surface area (Å²) in [6.07, 6.45) is 4.31. The summed E-state index contributed by atoms with van der Waals surface area (Å²) < 4.78 is 24.5. The van der Waals surface area contributed by atoms with Crippen LogP contribution in [0.1, 0.15) is 28.5 Å². The van der Waals surface area contributed by atoms with Gasteiger partial charge in [0.25, 0.3) is 10.0 Å². The molecule has 0 saturated carbocycles. The van der Waals surface area contributed by atoms with Crippen LogP contribution in [0.2, 0.25) is 5.02 Å². The first-order chi connectivity index (χ1) is 11.4. The Bertz CT molecular complexity index is 897. The van der Waals surface area contributed by atoms with E-state index in [0.717, 1.165) is 18.3 Å². The van der Waals surface area contributed by atoms with Crippen LogP contribution in [0.5, 0.6) is 0 Å². The van der Waals surface area contributed by atoms with Crippen molar-refractivity contribution in [2.75, 3.05) is 4.72 Å². The molecule has 0 saturated heterocycles. The highest BCUT2D eigenvalue weighted by atomic mass is 35.5. The number of halogens is 2. The van der Waals surface area contributed by atoms with Gasteiger partial charge >= 0.3 is 0 Å². The highest BCUT2D eigenvalue weighted by Crippen LogP contribution is 2.31. The highest BCUT2D eigenvalue weighted by Gasteiger charge is 2.23. The SMILES string of the molecule is O=CC(Cl)c1ccc2c(c1)CCC2.O=S1(=O)Nc2ccc1c(Cl)c2. The minimum absolute atomic E-state index is 0.147. The van der Waals surface area contributed by atoms with Gasteiger partial charge in [-0.2, -0.15) is 0 Å². The molecule has 0 fully saturated rings. The van der Waals surface area contributed by atoms with Gasteiger partial charge in [0.1, 0.15) is 16.6 Å². The first kappa shape index (κ1) is 17.3. The van der Waals surface area contributed by atoms with Crippen molar-refractivity contribution >= 4 is 45.2 Å². The molecule has 0 amide bonds. The largest absolute Gasteiger partial charge is 0.301 e. The molecule has 126 valence electrons. The number of carbonyl (C=O) groups excluding carboxylic acids is 1. The van der Waals surface area contributed by atoms with Gasteiger partial charge in [0.15, 0.2) is 0 Å². The van der Waals surface area contributed by atoms with Crippen LogP contribution < -0.4 is 4.72 Å². The number of alkyl halides is 1. The number of anilines is 1. The minimum Gasteiger partial charge on any atom is -0.301 e. The Morgan fingerprint density at radius 1 is 1.08 bits per heavy atom. The quantitative estimate of drug-likeness (QED) is 0.626. The van der Waals surface area contributed by atoms with Gasteiger partial charge in [-0.3, -0.25) is 4.72 Å². The molecule has 1 aliphatic carbocycles. The second-order valence-electron chi connectivity index (χ2n) is 5.67. The van der Waals surface area contributed by atoms with E-state index in [4.69, 9.17) is 23.2 Å². The van der Waals surface area contributed by atoms with Gasteiger partial charge in [-0.25, -0.2) is 8.42 Å². The van der Waals surface area contributed by atoms with E-state index < -0.39 is 15.4 Å². The summed E-state index contributed by atoms with van der Waals surface area (Å²) in [7, 11) is -3.33. The fourth-order valence-electron chi connectivity index (χ4n) is 2.83. The molecular weight excluding hydrogens is 369 g/mol. The van der Waals surface area contributed by atoms with Gasteiger partial charge in [0.05, 0.1) is 10.7 Å². The van der Waals surface area contributed by atoms with Gasteiger partial charge in [-0.05, 0) is 54.2 Å². The Labute approximate surface area is 150 Å². The van der Waals surface area contributed by atoms with Crippen molar-refractivity contribution in [3.8, 4) is 0 Å². The van der Waals surface area contributed by atoms with E-state index in [-0.39, 0.29) is 9.92 Å². The standard InChI is InChI=1S/C11H11ClO.C6H4ClNO2S/c12-11(7-13)10-5-4-8-2-1-3-9(8)6-10;7-5-3-4-1-2-6(5)11(9,10)8-4/h4-7,11H,1-3H2;1-3,8H. The van der Waals surface area contributed by atoms with Crippen LogP contribution in [0.3, 0.4) is 0 Å². The second-order valence-corrected chi connectivity index (χ2v) is 8.20. The lowest BCUT2D eigenvalue weighted by Gasteiger charge is -2.15. The summed E-state index contributed by atoms with van der Waals surface area (Å²) in [6, 6.07) is 10.9. The number of fused-ring (bicyclic) bond motifs is 4. The number of aryl methyl sites for hydroxylation is 2. The van der Waals surface area contributed by atoms with E-state index in [1.54, 1.807) is 12.1 Å². The maximum absolute atomic E-state index is 11.1. The minimum atomic E-state index is -3.33. The van der Waals surface area contributed by atoms with Gasteiger partial charge in [0, 0.05) is 0 Å². The Balaban J connectivity index is 0.000000143. The number of aldehydes is 1. The number of nitrogens with one attached hydrogen (secondary N) is 1. The number of hydrogen-bond donors (Lipinski definition) is 1. The lowest BCUT2D eigenvalue weighted by atomic mass is 10.0. The average molecular weight is 384 g/mol. The zero-order chi connectivity index (χ0) is 17.3. The van der Waals surface area contributed by atoms with Gasteiger partial charge < -0.3 is 4.79 Å². The molecule has 5 rings (SSSR count). The van der Waals surface area contributed by atoms with Crippen LogP contribution in [-0.4, -0.2) is 14.7 Å². The second kappa shape index (κ2) is 6.75. The maximum atomic E-state index is 11.1. The molecule has 2 aromatic rings. The molecule has 1 unspecified atom stereocenters. The number of carbonyl (C=O) groups is 1. The molecule has 2 bridgehead atoms. The number of hydrogen-bond acceptors (Lipinski definition) is 3. The molecule has 4 nitrogen and oxygen atoms in total. The highest BCUT2D eigenvalue weighted by molar-refractivity contribution is 7.93. The normalized spacial score (nSPS) is 17.2. The monoisotopic (exact) mass is 383 g/mol. The summed E-state index contributed by atoms with van der Waals surface area (Å²) in [5.74, 6) is 0. The summed E-state index contributed by atoms with van der Waals surface area (Å²) >= 11 is 11.5. The zero-order valence-electron chi connectivity index (χ0n) is 12.6. The van der Waals surface area contributed by atoms with Gasteiger partial charge in [-0.1, -0.05) is 29.8 Å². The molecule has 0 aromatic heterocycles. The summed E-state index contributed by atoms with van der Waals surface area (Å²) in [5, 5.41) is -0.202. The number of rotatable bonds is 2. The van der Waals surface area contributed by atoms with Crippen molar-refractivity contribution in [2.24, 2.45) is 0 Å². The van der Waals surface area contributed by atoms with Gasteiger partial charge in [-0.15, -0.1) is 11.6 Å². The fourth-order valence-corrected chi connectivity index (χ4v) is 4.57. The van der Waals surface area contributed by atoms with Crippen molar-refractivity contribution in [3.63, 3.8) is 0 Å². The third-order valence-corrected chi connectivity index (χ3v) is 6.25. The van der Waals surface area contributed by atoms with Crippen LogP contribution in [0.25, 0.3) is 0 Å². The van der Waals surface area contributed by atoms with Crippen LogP contribution in [0.15, 0.2) is 41.3 Å². The van der Waals surface area contributed by atoms with Gasteiger partial charge in [0.2, 0.25) is 0 Å². The smallest absolute Gasteiger partial charge is 0.263 e. The van der Waals surface area contributed by atoms with E-state index >= 15 is 0 Å². The van der Waals surface area contributed by atoms with Crippen molar-refractivity contribution in [1.29, 1.82) is 0 Å². The lowest BCUT2D eigenvalue weighted by Crippen LogP contribution is -2.17. The maximum Gasteiger partial charge on any atom is 0.263 e. The molecule has 0 radical (unpaired) electrons. The number of benzene rings is 2. The predicted molar refractivity (Wildman–Crippen MR) is 95.4 cm³/mol. The van der Waals surface area contributed by atoms with E-state index in [2.05, 4.69) is 16.9 Å². The molecule has 0 spiro atoms. The molecule has 7 heteroatoms. The summed E-state index contributed by atoms with van der Waals surface area (Å²) in [5.41, 5.74) is 4.23. The summed E-state index contributed by atoms with van der Waals surface area (Å²) in [4.78, 5) is 10.6. The first-order valence-corrected chi connectivity index (χ1v) is 9.74. The molecule has 3 aliphatic rings. The van der Waals surface area contributed by atoms with Crippen molar-refractivity contribution in [3.05, 3.63) is 58.1 Å². The molecule has 2 aromatic carbocycles. The van der Waals surface area contributed by atoms with E-state index in [0.29, 0.717) is 5.69 Å². The van der Waals surface area contributed by atoms with E-state index in [9.17, 15) is 13.2 Å². The van der Waals surface area contributed by atoms with Crippen LogP contribution >= 0.6 is 23.2 Å². The van der Waals surface area contributed by atoms with Crippen LogP contribution in [0.4, 0.5) is 5.69 Å². The zero-order valence-corrected chi connectivity index (χ0v) is 15.0. The predicted octanol–water partition coefficient (Wildman–Crippen LogP) is 4.11. The third-order valence-electron chi connectivity index (χ3n) is 4.03. The van der Waals surface area contributed by atoms with Crippen molar-refractivity contribution < 1.29 is 13.2 Å². The third kappa shape index (κ3) is 3.43. The van der Waals surface area contributed by atoms with E-state index in [1.165, 1.54) is 30.0 Å². The van der Waals surface area contributed by atoms with E-state index in [1.807, 2.05) is 6.07 Å². The Morgan fingerprint density at radius 2 is 1.83 bits per heavy atom. The molecule has 1 atom stereocenters. The molecule has 2 heterocycles. The van der Waals surface area contributed by atoms with Crippen LogP contribution in [-0.2, 0) is 27.7 Å². The molecular formula is C17H15Cl2NO3S. The number of sulfonamides is 1. The van der Waals surface area contributed by atoms with Crippen molar-refractivity contribution in [2.45, 2.75) is 29.5 Å². The van der Waals surface area contributed by atoms with Crippen molar-refractivity contribution in [1.82, 2.24) is 0 Å². The molecule has 1 N–H and O–H groups in total. The molecule has 2 aliphatic heterocycles. The fraction of sp³-hybridized carbons (Fsp3) is 0.235. The first-order valence-electron chi connectivity index (χ1n) is 7.44.